The highest BCUT2D eigenvalue weighted by Gasteiger charge is 2.14. The van der Waals surface area contributed by atoms with Crippen LogP contribution in [0, 0.1) is 3.57 Å². The van der Waals surface area contributed by atoms with Crippen molar-refractivity contribution < 1.29 is 4.52 Å². The van der Waals surface area contributed by atoms with Gasteiger partial charge in [-0.1, -0.05) is 24.2 Å². The number of nitrogens with two attached hydrogens (primary N) is 1. The maximum absolute atomic E-state index is 5.84. The molecule has 0 saturated carbocycles. The second-order valence-electron chi connectivity index (χ2n) is 3.45. The standard InChI is InChI=1S/C11H12IN3O/c1-2-9(13)10-14-11(16-15-10)7-5-3-4-6-8(7)12/h3-6,9H,2,13H2,1H3. The molecule has 0 aliphatic carbocycles. The SMILES string of the molecule is CCC(N)c1noc(-c2ccccc2I)n1. The first-order valence-corrected chi connectivity index (χ1v) is 6.14. The number of aromatic nitrogens is 2. The summed E-state index contributed by atoms with van der Waals surface area (Å²) < 4.78 is 6.29. The third-order valence-electron chi connectivity index (χ3n) is 2.32. The predicted molar refractivity (Wildman–Crippen MR) is 69.7 cm³/mol. The zero-order chi connectivity index (χ0) is 11.5. The van der Waals surface area contributed by atoms with Gasteiger partial charge in [-0.25, -0.2) is 0 Å². The summed E-state index contributed by atoms with van der Waals surface area (Å²) in [5.41, 5.74) is 6.79. The Bertz CT molecular complexity index is 484. The lowest BCUT2D eigenvalue weighted by molar-refractivity contribution is 0.415. The van der Waals surface area contributed by atoms with E-state index in [2.05, 4.69) is 32.7 Å². The van der Waals surface area contributed by atoms with Gasteiger partial charge in [0.25, 0.3) is 5.89 Å². The van der Waals surface area contributed by atoms with Crippen LogP contribution in [0.25, 0.3) is 11.5 Å². The minimum Gasteiger partial charge on any atom is -0.334 e. The fraction of sp³-hybridized carbons (Fsp3) is 0.273. The van der Waals surface area contributed by atoms with Crippen LogP contribution >= 0.6 is 22.6 Å². The highest BCUT2D eigenvalue weighted by atomic mass is 127. The summed E-state index contributed by atoms with van der Waals surface area (Å²) >= 11 is 2.24. The number of hydrogen-bond donors (Lipinski definition) is 1. The van der Waals surface area contributed by atoms with E-state index in [1.165, 1.54) is 0 Å². The Labute approximate surface area is 107 Å². The molecule has 0 fully saturated rings. The van der Waals surface area contributed by atoms with Crippen molar-refractivity contribution in [3.8, 4) is 11.5 Å². The predicted octanol–water partition coefficient (Wildman–Crippen LogP) is 2.75. The molecule has 4 nitrogen and oxygen atoms in total. The van der Waals surface area contributed by atoms with Crippen LogP contribution in [0.5, 0.6) is 0 Å². The first-order valence-electron chi connectivity index (χ1n) is 5.06. The highest BCUT2D eigenvalue weighted by Crippen LogP contribution is 2.24. The lowest BCUT2D eigenvalue weighted by atomic mass is 10.2. The third-order valence-corrected chi connectivity index (χ3v) is 3.26. The molecule has 84 valence electrons. The van der Waals surface area contributed by atoms with Crippen LogP contribution in [-0.4, -0.2) is 10.1 Å². The van der Waals surface area contributed by atoms with Crippen molar-refractivity contribution in [1.29, 1.82) is 0 Å². The molecule has 0 bridgehead atoms. The van der Waals surface area contributed by atoms with Gasteiger partial charge >= 0.3 is 0 Å². The second-order valence-corrected chi connectivity index (χ2v) is 4.61. The van der Waals surface area contributed by atoms with Crippen molar-refractivity contribution in [2.75, 3.05) is 0 Å². The van der Waals surface area contributed by atoms with Gasteiger partial charge in [-0.15, -0.1) is 0 Å². The first kappa shape index (κ1) is 11.5. The quantitative estimate of drug-likeness (QED) is 0.880. The Hall–Kier alpha value is -0.950. The van der Waals surface area contributed by atoms with E-state index in [1.807, 2.05) is 31.2 Å². The van der Waals surface area contributed by atoms with Crippen molar-refractivity contribution in [2.45, 2.75) is 19.4 Å². The smallest absolute Gasteiger partial charge is 0.259 e. The molecule has 16 heavy (non-hydrogen) atoms. The Balaban J connectivity index is 2.35. The van der Waals surface area contributed by atoms with Crippen LogP contribution < -0.4 is 5.73 Å². The van der Waals surface area contributed by atoms with E-state index in [0.29, 0.717) is 11.7 Å². The summed E-state index contributed by atoms with van der Waals surface area (Å²) in [6.45, 7) is 1.99. The molecule has 0 aliphatic heterocycles. The lowest BCUT2D eigenvalue weighted by Gasteiger charge is -1.99. The van der Waals surface area contributed by atoms with Crippen LogP contribution in [0.3, 0.4) is 0 Å². The summed E-state index contributed by atoms with van der Waals surface area (Å²) in [5, 5.41) is 3.89. The average molecular weight is 329 g/mol. The molecule has 0 amide bonds. The number of rotatable bonds is 3. The molecule has 2 aromatic rings. The summed E-state index contributed by atoms with van der Waals surface area (Å²) in [6.07, 6.45) is 0.796. The van der Waals surface area contributed by atoms with Gasteiger partial charge in [0.05, 0.1) is 11.6 Å². The highest BCUT2D eigenvalue weighted by molar-refractivity contribution is 14.1. The van der Waals surface area contributed by atoms with Crippen LogP contribution in [-0.2, 0) is 0 Å². The molecule has 1 aromatic carbocycles. The van der Waals surface area contributed by atoms with Crippen LogP contribution in [0.2, 0.25) is 0 Å². The zero-order valence-electron chi connectivity index (χ0n) is 8.85. The molecule has 5 heteroatoms. The van der Waals surface area contributed by atoms with E-state index in [0.717, 1.165) is 15.6 Å². The summed E-state index contributed by atoms with van der Waals surface area (Å²) in [4.78, 5) is 4.30. The van der Waals surface area contributed by atoms with Crippen LogP contribution in [0.15, 0.2) is 28.8 Å². The van der Waals surface area contributed by atoms with Gasteiger partial charge in [-0.3, -0.25) is 0 Å². The Morgan fingerprint density at radius 3 is 2.88 bits per heavy atom. The molecule has 1 atom stereocenters. The number of halogens is 1. The molecule has 0 aliphatic rings. The molecule has 1 unspecified atom stereocenters. The van der Waals surface area contributed by atoms with E-state index < -0.39 is 0 Å². The van der Waals surface area contributed by atoms with Gasteiger partial charge in [0.15, 0.2) is 5.82 Å². The van der Waals surface area contributed by atoms with Gasteiger partial charge in [0.2, 0.25) is 0 Å². The second kappa shape index (κ2) is 4.92. The summed E-state index contributed by atoms with van der Waals surface area (Å²) in [5.74, 6) is 1.10. The lowest BCUT2D eigenvalue weighted by Crippen LogP contribution is -2.10. The monoisotopic (exact) mass is 329 g/mol. The topological polar surface area (TPSA) is 64.9 Å². The van der Waals surface area contributed by atoms with Gasteiger partial charge in [0, 0.05) is 3.57 Å². The normalized spacial score (nSPS) is 12.7. The molecule has 0 saturated heterocycles. The van der Waals surface area contributed by atoms with E-state index in [-0.39, 0.29) is 6.04 Å². The molecular formula is C11H12IN3O. The average Bonchev–Trinajstić information content (AvgIpc) is 2.78. The van der Waals surface area contributed by atoms with Crippen molar-refractivity contribution in [3.05, 3.63) is 33.7 Å². The van der Waals surface area contributed by atoms with Gasteiger partial charge in [0.1, 0.15) is 0 Å². The van der Waals surface area contributed by atoms with Crippen LogP contribution in [0.4, 0.5) is 0 Å². The molecule has 2 N–H and O–H groups in total. The molecule has 0 radical (unpaired) electrons. The number of benzene rings is 1. The van der Waals surface area contributed by atoms with Crippen molar-refractivity contribution >= 4 is 22.6 Å². The summed E-state index contributed by atoms with van der Waals surface area (Å²) in [6, 6.07) is 7.72. The number of nitrogens with zero attached hydrogens (tertiary/aromatic N) is 2. The van der Waals surface area contributed by atoms with Crippen molar-refractivity contribution in [2.24, 2.45) is 5.73 Å². The Morgan fingerprint density at radius 2 is 2.19 bits per heavy atom. The molecule has 2 rings (SSSR count). The third kappa shape index (κ3) is 2.25. The minimum absolute atomic E-state index is 0.154. The van der Waals surface area contributed by atoms with Gasteiger partial charge in [-0.2, -0.15) is 4.98 Å². The van der Waals surface area contributed by atoms with E-state index in [1.54, 1.807) is 0 Å². The fourth-order valence-electron chi connectivity index (χ4n) is 1.31. The van der Waals surface area contributed by atoms with Crippen molar-refractivity contribution in [3.63, 3.8) is 0 Å². The minimum atomic E-state index is -0.154. The summed E-state index contributed by atoms with van der Waals surface area (Å²) in [7, 11) is 0. The van der Waals surface area contributed by atoms with Gasteiger partial charge in [-0.05, 0) is 41.1 Å². The molecular weight excluding hydrogens is 317 g/mol. The maximum Gasteiger partial charge on any atom is 0.259 e. The maximum atomic E-state index is 5.84. The molecule has 1 heterocycles. The fourth-order valence-corrected chi connectivity index (χ4v) is 1.93. The van der Waals surface area contributed by atoms with E-state index >= 15 is 0 Å². The zero-order valence-corrected chi connectivity index (χ0v) is 11.0. The first-order chi connectivity index (χ1) is 7.72. The molecule has 0 spiro atoms. The van der Waals surface area contributed by atoms with Crippen molar-refractivity contribution in [1.82, 2.24) is 10.1 Å². The largest absolute Gasteiger partial charge is 0.334 e. The van der Waals surface area contributed by atoms with Gasteiger partial charge < -0.3 is 10.3 Å². The number of hydrogen-bond acceptors (Lipinski definition) is 4. The van der Waals surface area contributed by atoms with E-state index in [9.17, 15) is 0 Å². The van der Waals surface area contributed by atoms with Crippen LogP contribution in [0.1, 0.15) is 25.2 Å². The Kier molecular flexibility index (Phi) is 3.55. The molecule has 1 aromatic heterocycles. The van der Waals surface area contributed by atoms with E-state index in [4.69, 9.17) is 10.3 Å². The Morgan fingerprint density at radius 1 is 1.44 bits per heavy atom.